The largest absolute Gasteiger partial charge is 0.481 e. The van der Waals surface area contributed by atoms with Crippen molar-refractivity contribution in [2.24, 2.45) is 0 Å². The van der Waals surface area contributed by atoms with E-state index in [9.17, 15) is 9.59 Å². The molecule has 0 unspecified atom stereocenters. The Balaban J connectivity index is 1.47. The zero-order chi connectivity index (χ0) is 22.5. The fourth-order valence-corrected chi connectivity index (χ4v) is 4.92. The van der Waals surface area contributed by atoms with E-state index in [1.54, 1.807) is 0 Å². The molecule has 2 aromatic carbocycles. The number of aryl methyl sites for hydroxylation is 2. The molecule has 0 bridgehead atoms. The molecule has 1 aliphatic heterocycles. The lowest BCUT2D eigenvalue weighted by molar-refractivity contribution is -0.137. The van der Waals surface area contributed by atoms with Crippen LogP contribution in [-0.4, -0.2) is 33.0 Å². The number of carbonyl (C=O) groups is 2. The van der Waals surface area contributed by atoms with Gasteiger partial charge in [0.1, 0.15) is 0 Å². The summed E-state index contributed by atoms with van der Waals surface area (Å²) in [5, 5.41) is 10.8. The number of aliphatic carboxylic acids is 1. The van der Waals surface area contributed by atoms with E-state index in [-0.39, 0.29) is 12.3 Å². The Morgan fingerprint density at radius 1 is 1.00 bits per heavy atom. The van der Waals surface area contributed by atoms with Crippen LogP contribution >= 0.6 is 11.6 Å². The van der Waals surface area contributed by atoms with Gasteiger partial charge < -0.3 is 14.6 Å². The summed E-state index contributed by atoms with van der Waals surface area (Å²) in [5.41, 5.74) is 5.07. The second-order valence-electron chi connectivity index (χ2n) is 8.49. The lowest BCUT2D eigenvalue weighted by Crippen LogP contribution is -2.36. The Hall–Kier alpha value is -2.79. The van der Waals surface area contributed by atoms with E-state index in [1.807, 2.05) is 23.1 Å². The van der Waals surface area contributed by atoms with Gasteiger partial charge in [0.2, 0.25) is 5.91 Å². The Labute approximate surface area is 193 Å². The van der Waals surface area contributed by atoms with Gasteiger partial charge in [0, 0.05) is 47.6 Å². The number of carboxylic acids is 1. The molecule has 0 fully saturated rings. The van der Waals surface area contributed by atoms with E-state index in [1.165, 1.54) is 27.7 Å². The van der Waals surface area contributed by atoms with Crippen molar-refractivity contribution in [2.75, 3.05) is 6.54 Å². The van der Waals surface area contributed by atoms with Crippen molar-refractivity contribution < 1.29 is 14.7 Å². The number of benzene rings is 2. The quantitative estimate of drug-likeness (QED) is 0.438. The van der Waals surface area contributed by atoms with E-state index < -0.39 is 5.97 Å². The molecule has 0 radical (unpaired) electrons. The number of carbonyl (C=O) groups excluding carboxylic acids is 1. The number of unbranched alkanes of at least 4 members (excludes halogenated alkanes) is 1. The SMILES string of the molecule is O=C(O)CCCCC(=O)N1CCc2c(n(CCCc3cccc(Cl)c3)c3ccccc23)C1. The number of hydrogen-bond acceptors (Lipinski definition) is 2. The van der Waals surface area contributed by atoms with Gasteiger partial charge in [0.25, 0.3) is 0 Å². The summed E-state index contributed by atoms with van der Waals surface area (Å²) in [6.07, 6.45) is 4.51. The van der Waals surface area contributed by atoms with Gasteiger partial charge in [-0.3, -0.25) is 9.59 Å². The number of rotatable bonds is 9. The van der Waals surface area contributed by atoms with E-state index >= 15 is 0 Å². The van der Waals surface area contributed by atoms with E-state index in [0.29, 0.717) is 25.8 Å². The molecule has 0 saturated carbocycles. The summed E-state index contributed by atoms with van der Waals surface area (Å²) in [6, 6.07) is 16.5. The predicted octanol–water partition coefficient (Wildman–Crippen LogP) is 5.46. The first-order valence-corrected chi connectivity index (χ1v) is 11.7. The van der Waals surface area contributed by atoms with Gasteiger partial charge in [0.15, 0.2) is 0 Å². The Morgan fingerprint density at radius 3 is 2.62 bits per heavy atom. The molecule has 1 amide bonds. The predicted molar refractivity (Wildman–Crippen MR) is 127 cm³/mol. The van der Waals surface area contributed by atoms with Crippen LogP contribution in [0, 0.1) is 0 Å². The molecule has 32 heavy (non-hydrogen) atoms. The molecule has 0 spiro atoms. The highest BCUT2D eigenvalue weighted by Gasteiger charge is 2.26. The summed E-state index contributed by atoms with van der Waals surface area (Å²) in [5.74, 6) is -0.681. The van der Waals surface area contributed by atoms with Crippen LogP contribution < -0.4 is 0 Å². The van der Waals surface area contributed by atoms with Crippen molar-refractivity contribution >= 4 is 34.4 Å². The summed E-state index contributed by atoms with van der Waals surface area (Å²) in [6.45, 7) is 2.24. The van der Waals surface area contributed by atoms with E-state index in [2.05, 4.69) is 34.9 Å². The van der Waals surface area contributed by atoms with Gasteiger partial charge in [0.05, 0.1) is 6.54 Å². The van der Waals surface area contributed by atoms with Crippen molar-refractivity contribution in [3.05, 3.63) is 70.4 Å². The van der Waals surface area contributed by atoms with Crippen molar-refractivity contribution in [3.63, 3.8) is 0 Å². The average molecular weight is 453 g/mol. The number of nitrogens with zero attached hydrogens (tertiary/aromatic N) is 2. The molecule has 1 aromatic heterocycles. The Morgan fingerprint density at radius 2 is 1.81 bits per heavy atom. The molecular formula is C26H29ClN2O3. The van der Waals surface area contributed by atoms with Gasteiger partial charge in [-0.05, 0) is 61.4 Å². The molecule has 0 aliphatic carbocycles. The Kier molecular flexibility index (Phi) is 7.15. The standard InChI is InChI=1S/C26H29ClN2O3/c27-20-9-5-7-19(17-20)8-6-15-29-23-11-2-1-10-21(23)22-14-16-28(18-24(22)29)25(30)12-3-4-13-26(31)32/h1-2,5,7,9-11,17H,3-4,6,8,12-16,18H2,(H,31,32). The topological polar surface area (TPSA) is 62.5 Å². The lowest BCUT2D eigenvalue weighted by Gasteiger charge is -2.29. The molecule has 0 saturated heterocycles. The number of fused-ring (bicyclic) bond motifs is 3. The number of carboxylic acid groups (broad SMARTS) is 1. The minimum absolute atomic E-state index is 0.122. The van der Waals surface area contributed by atoms with Gasteiger partial charge in [-0.1, -0.05) is 41.9 Å². The highest BCUT2D eigenvalue weighted by Crippen LogP contribution is 2.31. The average Bonchev–Trinajstić information content (AvgIpc) is 3.10. The van der Waals surface area contributed by atoms with Crippen LogP contribution in [0.2, 0.25) is 5.02 Å². The van der Waals surface area contributed by atoms with Crippen LogP contribution in [0.3, 0.4) is 0 Å². The van der Waals surface area contributed by atoms with Crippen molar-refractivity contribution in [2.45, 2.75) is 58.0 Å². The van der Waals surface area contributed by atoms with Gasteiger partial charge in [-0.25, -0.2) is 0 Å². The maximum absolute atomic E-state index is 12.8. The molecule has 1 aliphatic rings. The highest BCUT2D eigenvalue weighted by atomic mass is 35.5. The minimum Gasteiger partial charge on any atom is -0.481 e. The van der Waals surface area contributed by atoms with Gasteiger partial charge in [-0.2, -0.15) is 0 Å². The molecule has 6 heteroatoms. The van der Waals surface area contributed by atoms with Crippen molar-refractivity contribution in [3.8, 4) is 0 Å². The third-order valence-corrected chi connectivity index (χ3v) is 6.52. The molecule has 2 heterocycles. The summed E-state index contributed by atoms with van der Waals surface area (Å²) < 4.78 is 2.39. The molecule has 4 rings (SSSR count). The number of halogens is 1. The lowest BCUT2D eigenvalue weighted by atomic mass is 10.0. The molecule has 3 aromatic rings. The van der Waals surface area contributed by atoms with Crippen LogP contribution in [0.4, 0.5) is 0 Å². The fourth-order valence-electron chi connectivity index (χ4n) is 4.71. The zero-order valence-corrected chi connectivity index (χ0v) is 19.0. The first kappa shape index (κ1) is 22.4. The maximum atomic E-state index is 12.8. The third kappa shape index (κ3) is 5.16. The number of hydrogen-bond donors (Lipinski definition) is 1. The molecular weight excluding hydrogens is 424 g/mol. The highest BCUT2D eigenvalue weighted by molar-refractivity contribution is 6.30. The zero-order valence-electron chi connectivity index (χ0n) is 18.2. The number of para-hydroxylation sites is 1. The molecule has 5 nitrogen and oxygen atoms in total. The smallest absolute Gasteiger partial charge is 0.303 e. The minimum atomic E-state index is -0.803. The second-order valence-corrected chi connectivity index (χ2v) is 8.93. The summed E-state index contributed by atoms with van der Waals surface area (Å²) >= 11 is 6.13. The second kappa shape index (κ2) is 10.2. The van der Waals surface area contributed by atoms with Crippen LogP contribution in [0.15, 0.2) is 48.5 Å². The normalized spacial score (nSPS) is 13.3. The molecule has 1 N–H and O–H groups in total. The van der Waals surface area contributed by atoms with Crippen LogP contribution in [-0.2, 0) is 35.5 Å². The van der Waals surface area contributed by atoms with Gasteiger partial charge in [-0.15, -0.1) is 0 Å². The fraction of sp³-hybridized carbons (Fsp3) is 0.385. The van der Waals surface area contributed by atoms with E-state index in [4.69, 9.17) is 16.7 Å². The first-order valence-electron chi connectivity index (χ1n) is 11.4. The van der Waals surface area contributed by atoms with Crippen LogP contribution in [0.25, 0.3) is 10.9 Å². The molecule has 0 atom stereocenters. The van der Waals surface area contributed by atoms with Crippen LogP contribution in [0.5, 0.6) is 0 Å². The summed E-state index contributed by atoms with van der Waals surface area (Å²) in [4.78, 5) is 25.4. The Bertz CT molecular complexity index is 1120. The summed E-state index contributed by atoms with van der Waals surface area (Å²) in [7, 11) is 0. The first-order chi connectivity index (χ1) is 15.5. The van der Waals surface area contributed by atoms with Crippen molar-refractivity contribution in [1.82, 2.24) is 9.47 Å². The van der Waals surface area contributed by atoms with Crippen LogP contribution in [0.1, 0.15) is 48.9 Å². The van der Waals surface area contributed by atoms with Crippen molar-refractivity contribution in [1.29, 1.82) is 0 Å². The third-order valence-electron chi connectivity index (χ3n) is 6.29. The molecule has 168 valence electrons. The monoisotopic (exact) mass is 452 g/mol. The maximum Gasteiger partial charge on any atom is 0.303 e. The number of amides is 1. The van der Waals surface area contributed by atoms with E-state index in [0.717, 1.165) is 37.4 Å². The van der Waals surface area contributed by atoms with Gasteiger partial charge >= 0.3 is 5.97 Å². The number of aromatic nitrogens is 1.